The lowest BCUT2D eigenvalue weighted by molar-refractivity contribution is -0.118. The largest absolute Gasteiger partial charge is 0.494 e. The van der Waals surface area contributed by atoms with E-state index < -0.39 is 0 Å². The second kappa shape index (κ2) is 8.89. The molecule has 2 aromatic rings. The maximum absolute atomic E-state index is 11.7. The number of carbonyl (C=O) groups is 1. The van der Waals surface area contributed by atoms with Crippen molar-refractivity contribution in [3.05, 3.63) is 30.6 Å². The number of benzene rings is 1. The number of nitrogen functional groups attached to an aromatic ring is 1. The van der Waals surface area contributed by atoms with Crippen LogP contribution in [-0.4, -0.2) is 46.3 Å². The summed E-state index contributed by atoms with van der Waals surface area (Å²) >= 11 is 1.22. The normalized spacial score (nSPS) is 10.3. The molecule has 0 fully saturated rings. The van der Waals surface area contributed by atoms with Crippen molar-refractivity contribution in [3.8, 4) is 11.5 Å². The number of nitrogens with one attached hydrogen (secondary N) is 1. The van der Waals surface area contributed by atoms with Crippen LogP contribution in [0.1, 0.15) is 6.92 Å². The summed E-state index contributed by atoms with van der Waals surface area (Å²) in [5.41, 5.74) is 0. The van der Waals surface area contributed by atoms with Gasteiger partial charge in [0.25, 0.3) is 0 Å². The van der Waals surface area contributed by atoms with Crippen LogP contribution in [0.4, 0.5) is 0 Å². The molecular weight excluding hydrogens is 318 g/mol. The highest BCUT2D eigenvalue weighted by Gasteiger charge is 2.06. The first kappa shape index (κ1) is 16.9. The summed E-state index contributed by atoms with van der Waals surface area (Å²) in [4.78, 5) is 11.7. The highest BCUT2D eigenvalue weighted by atomic mass is 32.2. The van der Waals surface area contributed by atoms with E-state index in [9.17, 15) is 4.79 Å². The van der Waals surface area contributed by atoms with E-state index in [4.69, 9.17) is 15.3 Å². The molecule has 0 radical (unpaired) electrons. The SMILES string of the molecule is CCOc1ccc(OCCNC(=O)CSc2nncn2N)cc1. The molecular formula is C14H19N5O3S. The Labute approximate surface area is 138 Å². The van der Waals surface area contributed by atoms with Crippen molar-refractivity contribution >= 4 is 17.7 Å². The third-order valence-electron chi connectivity index (χ3n) is 2.70. The number of amides is 1. The number of ether oxygens (including phenoxy) is 2. The molecule has 0 atom stereocenters. The molecule has 23 heavy (non-hydrogen) atoms. The van der Waals surface area contributed by atoms with Crippen molar-refractivity contribution < 1.29 is 14.3 Å². The van der Waals surface area contributed by atoms with Gasteiger partial charge in [-0.25, -0.2) is 4.68 Å². The minimum Gasteiger partial charge on any atom is -0.494 e. The van der Waals surface area contributed by atoms with Crippen molar-refractivity contribution in [2.75, 3.05) is 31.4 Å². The minimum atomic E-state index is -0.117. The molecule has 124 valence electrons. The highest BCUT2D eigenvalue weighted by Crippen LogP contribution is 2.17. The average Bonchev–Trinajstić information content (AvgIpc) is 2.96. The first-order valence-corrected chi connectivity index (χ1v) is 8.08. The fourth-order valence-corrected chi connectivity index (χ4v) is 2.34. The zero-order chi connectivity index (χ0) is 16.5. The molecule has 2 rings (SSSR count). The maximum atomic E-state index is 11.7. The topological polar surface area (TPSA) is 104 Å². The Morgan fingerprint density at radius 3 is 2.61 bits per heavy atom. The minimum absolute atomic E-state index is 0.117. The first-order valence-electron chi connectivity index (χ1n) is 7.09. The molecule has 9 heteroatoms. The smallest absolute Gasteiger partial charge is 0.230 e. The summed E-state index contributed by atoms with van der Waals surface area (Å²) in [5.74, 6) is 7.19. The highest BCUT2D eigenvalue weighted by molar-refractivity contribution is 7.99. The molecule has 0 aliphatic heterocycles. The molecule has 1 aromatic heterocycles. The van der Waals surface area contributed by atoms with Crippen molar-refractivity contribution in [1.29, 1.82) is 0 Å². The van der Waals surface area contributed by atoms with Crippen molar-refractivity contribution in [2.24, 2.45) is 0 Å². The van der Waals surface area contributed by atoms with Crippen molar-refractivity contribution in [2.45, 2.75) is 12.1 Å². The number of rotatable bonds is 9. The van der Waals surface area contributed by atoms with Gasteiger partial charge in [-0.05, 0) is 31.2 Å². The summed E-state index contributed by atoms with van der Waals surface area (Å²) in [5, 5.41) is 10.7. The van der Waals surface area contributed by atoms with Gasteiger partial charge < -0.3 is 20.6 Å². The summed E-state index contributed by atoms with van der Waals surface area (Å²) in [6.45, 7) is 3.37. The van der Waals surface area contributed by atoms with Crippen LogP contribution in [0.25, 0.3) is 0 Å². The van der Waals surface area contributed by atoms with E-state index >= 15 is 0 Å². The van der Waals surface area contributed by atoms with Crippen molar-refractivity contribution in [1.82, 2.24) is 20.2 Å². The number of aromatic nitrogens is 3. The first-order chi connectivity index (χ1) is 11.2. The average molecular weight is 337 g/mol. The molecule has 0 spiro atoms. The van der Waals surface area contributed by atoms with E-state index in [1.165, 1.54) is 22.8 Å². The van der Waals surface area contributed by atoms with Gasteiger partial charge >= 0.3 is 0 Å². The van der Waals surface area contributed by atoms with E-state index in [-0.39, 0.29) is 11.7 Å². The molecule has 0 bridgehead atoms. The summed E-state index contributed by atoms with van der Waals surface area (Å²) in [7, 11) is 0. The molecule has 0 aliphatic rings. The molecule has 0 unspecified atom stereocenters. The van der Waals surface area contributed by atoms with Gasteiger partial charge in [0.15, 0.2) is 0 Å². The second-order valence-electron chi connectivity index (χ2n) is 4.41. The Morgan fingerprint density at radius 1 is 1.30 bits per heavy atom. The van der Waals surface area contributed by atoms with Crippen LogP contribution < -0.4 is 20.6 Å². The molecule has 1 amide bonds. The predicted octanol–water partition coefficient (Wildman–Crippen LogP) is 0.678. The second-order valence-corrected chi connectivity index (χ2v) is 5.35. The van der Waals surface area contributed by atoms with Gasteiger partial charge in [-0.15, -0.1) is 10.2 Å². The summed E-state index contributed by atoms with van der Waals surface area (Å²) in [6, 6.07) is 7.35. The van der Waals surface area contributed by atoms with E-state index in [2.05, 4.69) is 15.5 Å². The molecule has 8 nitrogen and oxygen atoms in total. The lowest BCUT2D eigenvalue weighted by Crippen LogP contribution is -2.29. The molecule has 3 N–H and O–H groups in total. The van der Waals surface area contributed by atoms with Gasteiger partial charge in [0.1, 0.15) is 24.4 Å². The van der Waals surface area contributed by atoms with Gasteiger partial charge in [-0.2, -0.15) is 0 Å². The third kappa shape index (κ3) is 5.70. The van der Waals surface area contributed by atoms with Crippen LogP contribution in [0, 0.1) is 0 Å². The zero-order valence-electron chi connectivity index (χ0n) is 12.8. The lowest BCUT2D eigenvalue weighted by atomic mass is 10.3. The van der Waals surface area contributed by atoms with Crippen LogP contribution in [0.5, 0.6) is 11.5 Å². The molecule has 1 heterocycles. The summed E-state index contributed by atoms with van der Waals surface area (Å²) < 4.78 is 12.2. The molecule has 0 saturated carbocycles. The fraction of sp³-hybridized carbons (Fsp3) is 0.357. The predicted molar refractivity (Wildman–Crippen MR) is 87.0 cm³/mol. The van der Waals surface area contributed by atoms with E-state index in [1.807, 2.05) is 31.2 Å². The van der Waals surface area contributed by atoms with Gasteiger partial charge in [0.2, 0.25) is 11.1 Å². The van der Waals surface area contributed by atoms with Crippen LogP contribution >= 0.6 is 11.8 Å². The fourth-order valence-electron chi connectivity index (χ4n) is 1.67. The monoisotopic (exact) mass is 337 g/mol. The van der Waals surface area contributed by atoms with Crippen LogP contribution in [-0.2, 0) is 4.79 Å². The Bertz CT molecular complexity index is 617. The van der Waals surface area contributed by atoms with Crippen LogP contribution in [0.15, 0.2) is 35.7 Å². The Kier molecular flexibility index (Phi) is 6.55. The zero-order valence-corrected chi connectivity index (χ0v) is 13.6. The number of carbonyl (C=O) groups excluding carboxylic acids is 1. The molecule has 0 aliphatic carbocycles. The van der Waals surface area contributed by atoms with Gasteiger partial charge in [-0.3, -0.25) is 4.79 Å². The van der Waals surface area contributed by atoms with Gasteiger partial charge in [0.05, 0.1) is 18.9 Å². The Hall–Kier alpha value is -2.42. The molecule has 1 aromatic carbocycles. The summed E-state index contributed by atoms with van der Waals surface area (Å²) in [6.07, 6.45) is 1.38. The van der Waals surface area contributed by atoms with E-state index in [0.29, 0.717) is 24.9 Å². The third-order valence-corrected chi connectivity index (χ3v) is 3.66. The number of nitrogens with two attached hydrogens (primary N) is 1. The standard InChI is InChI=1S/C14H19N5O3S/c1-2-21-11-3-5-12(6-4-11)22-8-7-16-13(20)9-23-14-18-17-10-19(14)15/h3-6,10H,2,7-9,15H2,1H3,(H,16,20). The van der Waals surface area contributed by atoms with Crippen LogP contribution in [0.3, 0.4) is 0 Å². The Morgan fingerprint density at radius 2 is 2.00 bits per heavy atom. The van der Waals surface area contributed by atoms with Crippen LogP contribution in [0.2, 0.25) is 0 Å². The van der Waals surface area contributed by atoms with Gasteiger partial charge in [0, 0.05) is 0 Å². The van der Waals surface area contributed by atoms with E-state index in [0.717, 1.165) is 11.5 Å². The number of hydrogen-bond acceptors (Lipinski definition) is 7. The lowest BCUT2D eigenvalue weighted by Gasteiger charge is -2.08. The number of hydrogen-bond donors (Lipinski definition) is 2. The Balaban J connectivity index is 1.61. The number of thioether (sulfide) groups is 1. The van der Waals surface area contributed by atoms with Gasteiger partial charge in [-0.1, -0.05) is 11.8 Å². The van der Waals surface area contributed by atoms with E-state index in [1.54, 1.807) is 0 Å². The quantitative estimate of drug-likeness (QED) is 0.394. The molecule has 0 saturated heterocycles. The van der Waals surface area contributed by atoms with Crippen molar-refractivity contribution in [3.63, 3.8) is 0 Å². The number of nitrogens with zero attached hydrogens (tertiary/aromatic N) is 3. The maximum Gasteiger partial charge on any atom is 0.230 e.